The Labute approximate surface area is 134 Å². The molecule has 0 spiro atoms. The number of benzene rings is 1. The molecule has 1 aromatic carbocycles. The Morgan fingerprint density at radius 3 is 2.41 bits per heavy atom. The Kier molecular flexibility index (Phi) is 5.75. The third kappa shape index (κ3) is 4.15. The van der Waals surface area contributed by atoms with Crippen molar-refractivity contribution < 1.29 is 17.9 Å². The van der Waals surface area contributed by atoms with Crippen molar-refractivity contribution in [2.75, 3.05) is 32.8 Å². The third-order valence-electron chi connectivity index (χ3n) is 3.98. The molecule has 1 aliphatic heterocycles. The average molecular weight is 336 g/mol. The van der Waals surface area contributed by atoms with Crippen LogP contribution in [0.25, 0.3) is 0 Å². The SMILES string of the molecule is CC(C)c1ccc(Cl)c(CCN2CCOCC2)c1C(F)(F)F. The van der Waals surface area contributed by atoms with E-state index in [1.165, 1.54) is 6.07 Å². The van der Waals surface area contributed by atoms with Gasteiger partial charge in [0.1, 0.15) is 0 Å². The highest BCUT2D eigenvalue weighted by atomic mass is 35.5. The van der Waals surface area contributed by atoms with E-state index in [0.717, 1.165) is 13.1 Å². The summed E-state index contributed by atoms with van der Waals surface area (Å²) in [5.41, 5.74) is -0.0241. The summed E-state index contributed by atoms with van der Waals surface area (Å²) in [6.45, 7) is 6.87. The molecule has 1 saturated heterocycles. The Hall–Kier alpha value is -0.780. The fraction of sp³-hybridized carbons (Fsp3) is 0.625. The van der Waals surface area contributed by atoms with Gasteiger partial charge in [-0.2, -0.15) is 13.2 Å². The highest BCUT2D eigenvalue weighted by Crippen LogP contribution is 2.40. The van der Waals surface area contributed by atoms with Crippen LogP contribution in [0.15, 0.2) is 12.1 Å². The molecule has 1 fully saturated rings. The molecule has 0 radical (unpaired) electrons. The van der Waals surface area contributed by atoms with Crippen LogP contribution in [0.3, 0.4) is 0 Å². The Morgan fingerprint density at radius 2 is 1.86 bits per heavy atom. The van der Waals surface area contributed by atoms with E-state index in [2.05, 4.69) is 4.90 Å². The van der Waals surface area contributed by atoms with E-state index >= 15 is 0 Å². The van der Waals surface area contributed by atoms with E-state index in [1.807, 2.05) is 0 Å². The van der Waals surface area contributed by atoms with Gasteiger partial charge in [0.25, 0.3) is 0 Å². The van der Waals surface area contributed by atoms with E-state index in [-0.39, 0.29) is 16.5 Å². The molecule has 1 aromatic rings. The highest BCUT2D eigenvalue weighted by molar-refractivity contribution is 6.31. The van der Waals surface area contributed by atoms with Crippen LogP contribution in [0.4, 0.5) is 13.2 Å². The number of rotatable bonds is 4. The molecule has 2 nitrogen and oxygen atoms in total. The Morgan fingerprint density at radius 1 is 1.23 bits per heavy atom. The predicted octanol–water partition coefficient (Wildman–Crippen LogP) is 4.36. The molecule has 124 valence electrons. The summed E-state index contributed by atoms with van der Waals surface area (Å²) in [5, 5.41) is 0.199. The smallest absolute Gasteiger partial charge is 0.379 e. The van der Waals surface area contributed by atoms with E-state index in [9.17, 15) is 13.2 Å². The van der Waals surface area contributed by atoms with Gasteiger partial charge in [-0.15, -0.1) is 0 Å². The molecule has 2 rings (SSSR count). The zero-order valence-corrected chi connectivity index (χ0v) is 13.6. The maximum absolute atomic E-state index is 13.5. The molecule has 0 amide bonds. The fourth-order valence-corrected chi connectivity index (χ4v) is 3.05. The minimum absolute atomic E-state index is 0.198. The first-order valence-electron chi connectivity index (χ1n) is 7.49. The lowest BCUT2D eigenvalue weighted by Crippen LogP contribution is -2.37. The monoisotopic (exact) mass is 335 g/mol. The second kappa shape index (κ2) is 7.20. The maximum Gasteiger partial charge on any atom is 0.417 e. The van der Waals surface area contributed by atoms with E-state index < -0.39 is 11.7 Å². The van der Waals surface area contributed by atoms with Gasteiger partial charge in [-0.05, 0) is 29.5 Å². The number of morpholine rings is 1. The minimum atomic E-state index is -4.38. The molecule has 6 heteroatoms. The standard InChI is InChI=1S/C16H21ClF3NO/c1-11(2)12-3-4-14(17)13(15(12)16(18,19)20)5-6-21-7-9-22-10-8-21/h3-4,11H,5-10H2,1-2H3. The van der Waals surface area contributed by atoms with Crippen LogP contribution >= 0.6 is 11.6 Å². The molecular weight excluding hydrogens is 315 g/mol. The third-order valence-corrected chi connectivity index (χ3v) is 4.33. The molecule has 1 aliphatic rings. The number of halogens is 4. The van der Waals surface area contributed by atoms with Crippen molar-refractivity contribution in [3.8, 4) is 0 Å². The van der Waals surface area contributed by atoms with Gasteiger partial charge in [0.15, 0.2) is 0 Å². The number of hydrogen-bond donors (Lipinski definition) is 0. The van der Waals surface area contributed by atoms with Gasteiger partial charge in [-0.25, -0.2) is 0 Å². The molecule has 0 unspecified atom stereocenters. The molecule has 1 heterocycles. The van der Waals surface area contributed by atoms with Gasteiger partial charge in [0.2, 0.25) is 0 Å². The summed E-state index contributed by atoms with van der Waals surface area (Å²) in [6.07, 6.45) is -4.08. The second-order valence-corrected chi connectivity index (χ2v) is 6.25. The fourth-order valence-electron chi connectivity index (χ4n) is 2.80. The minimum Gasteiger partial charge on any atom is -0.379 e. The lowest BCUT2D eigenvalue weighted by Gasteiger charge is -2.28. The molecule has 0 bridgehead atoms. The van der Waals surface area contributed by atoms with Gasteiger partial charge in [0, 0.05) is 24.7 Å². The van der Waals surface area contributed by atoms with Crippen molar-refractivity contribution in [2.45, 2.75) is 32.4 Å². The van der Waals surface area contributed by atoms with Crippen LogP contribution in [0, 0.1) is 0 Å². The Balaban J connectivity index is 2.29. The second-order valence-electron chi connectivity index (χ2n) is 5.85. The van der Waals surface area contributed by atoms with Crippen molar-refractivity contribution in [1.82, 2.24) is 4.90 Å². The molecule has 0 aliphatic carbocycles. The van der Waals surface area contributed by atoms with Crippen molar-refractivity contribution >= 4 is 11.6 Å². The van der Waals surface area contributed by atoms with E-state index in [0.29, 0.717) is 31.7 Å². The van der Waals surface area contributed by atoms with Gasteiger partial charge in [-0.1, -0.05) is 31.5 Å². The molecule has 0 saturated carbocycles. The van der Waals surface area contributed by atoms with Crippen LogP contribution in [0.5, 0.6) is 0 Å². The van der Waals surface area contributed by atoms with Crippen LogP contribution in [0.1, 0.15) is 36.5 Å². The lowest BCUT2D eigenvalue weighted by molar-refractivity contribution is -0.139. The molecular formula is C16H21ClF3NO. The first-order chi connectivity index (χ1) is 10.3. The maximum atomic E-state index is 13.5. The lowest BCUT2D eigenvalue weighted by atomic mass is 9.91. The number of alkyl halides is 3. The first-order valence-corrected chi connectivity index (χ1v) is 7.87. The Bertz CT molecular complexity index is 511. The van der Waals surface area contributed by atoms with Crippen molar-refractivity contribution in [3.63, 3.8) is 0 Å². The molecule has 0 aromatic heterocycles. The molecule has 0 atom stereocenters. The van der Waals surface area contributed by atoms with Crippen molar-refractivity contribution in [2.24, 2.45) is 0 Å². The van der Waals surface area contributed by atoms with Crippen molar-refractivity contribution in [3.05, 3.63) is 33.8 Å². The van der Waals surface area contributed by atoms with Gasteiger partial charge < -0.3 is 4.74 Å². The van der Waals surface area contributed by atoms with Gasteiger partial charge >= 0.3 is 6.18 Å². The number of nitrogens with zero attached hydrogens (tertiary/aromatic N) is 1. The van der Waals surface area contributed by atoms with Crippen LogP contribution in [-0.2, 0) is 17.3 Å². The summed E-state index contributed by atoms with van der Waals surface area (Å²) < 4.78 is 45.8. The summed E-state index contributed by atoms with van der Waals surface area (Å²) in [5.74, 6) is -0.198. The molecule has 22 heavy (non-hydrogen) atoms. The van der Waals surface area contributed by atoms with E-state index in [4.69, 9.17) is 16.3 Å². The highest BCUT2D eigenvalue weighted by Gasteiger charge is 2.37. The number of ether oxygens (including phenoxy) is 1. The van der Waals surface area contributed by atoms with Gasteiger partial charge in [0.05, 0.1) is 18.8 Å². The van der Waals surface area contributed by atoms with E-state index in [1.54, 1.807) is 19.9 Å². The summed E-state index contributed by atoms with van der Waals surface area (Å²) in [7, 11) is 0. The first kappa shape index (κ1) is 17.6. The van der Waals surface area contributed by atoms with Crippen LogP contribution in [-0.4, -0.2) is 37.7 Å². The van der Waals surface area contributed by atoms with Crippen LogP contribution in [0.2, 0.25) is 5.02 Å². The normalized spacial score (nSPS) is 17.2. The predicted molar refractivity (Wildman–Crippen MR) is 81.5 cm³/mol. The molecule has 0 N–H and O–H groups in total. The van der Waals surface area contributed by atoms with Gasteiger partial charge in [-0.3, -0.25) is 4.90 Å². The average Bonchev–Trinajstić information content (AvgIpc) is 2.45. The summed E-state index contributed by atoms with van der Waals surface area (Å²) in [4.78, 5) is 2.11. The number of hydrogen-bond acceptors (Lipinski definition) is 2. The zero-order valence-electron chi connectivity index (χ0n) is 12.8. The topological polar surface area (TPSA) is 12.5 Å². The van der Waals surface area contributed by atoms with Crippen LogP contribution < -0.4 is 0 Å². The summed E-state index contributed by atoms with van der Waals surface area (Å²) in [6, 6.07) is 3.08. The quantitative estimate of drug-likeness (QED) is 0.810. The summed E-state index contributed by atoms with van der Waals surface area (Å²) >= 11 is 6.09. The van der Waals surface area contributed by atoms with Crippen molar-refractivity contribution in [1.29, 1.82) is 0 Å². The largest absolute Gasteiger partial charge is 0.417 e. The zero-order chi connectivity index (χ0) is 16.3.